The standard InChI is InChI=1S/C14H15BrFN3O/c1-2-5-17-14-8-18-10(7-19-14)9-20-11-3-4-12(15)13(16)6-11/h3-4,6-8H,2,5,9H2,1H3,(H,17,19). The minimum absolute atomic E-state index is 0.252. The van der Waals surface area contributed by atoms with Crippen molar-refractivity contribution in [3.8, 4) is 5.75 Å². The summed E-state index contributed by atoms with van der Waals surface area (Å²) in [6.07, 6.45) is 4.34. The molecule has 1 aromatic heterocycles. The Bertz CT molecular complexity index is 563. The second-order valence-corrected chi connectivity index (χ2v) is 5.04. The van der Waals surface area contributed by atoms with Crippen molar-refractivity contribution in [2.45, 2.75) is 20.0 Å². The summed E-state index contributed by atoms with van der Waals surface area (Å²) in [6, 6.07) is 4.63. The Balaban J connectivity index is 1.91. The van der Waals surface area contributed by atoms with E-state index >= 15 is 0 Å². The number of hydrogen-bond acceptors (Lipinski definition) is 4. The Morgan fingerprint density at radius 3 is 2.80 bits per heavy atom. The van der Waals surface area contributed by atoms with E-state index in [2.05, 4.69) is 38.1 Å². The Labute approximate surface area is 125 Å². The second kappa shape index (κ2) is 7.19. The summed E-state index contributed by atoms with van der Waals surface area (Å²) in [6.45, 7) is 3.20. The number of anilines is 1. The fourth-order valence-corrected chi connectivity index (χ4v) is 1.74. The molecule has 1 N–H and O–H groups in total. The van der Waals surface area contributed by atoms with E-state index in [1.54, 1.807) is 24.5 Å². The van der Waals surface area contributed by atoms with Crippen molar-refractivity contribution >= 4 is 21.7 Å². The first-order valence-electron chi connectivity index (χ1n) is 6.31. The minimum atomic E-state index is -0.354. The van der Waals surface area contributed by atoms with Crippen LogP contribution in [0, 0.1) is 5.82 Å². The molecular weight excluding hydrogens is 325 g/mol. The first kappa shape index (κ1) is 14.7. The molecule has 0 saturated heterocycles. The Morgan fingerprint density at radius 2 is 2.15 bits per heavy atom. The highest BCUT2D eigenvalue weighted by molar-refractivity contribution is 9.10. The topological polar surface area (TPSA) is 47.0 Å². The predicted octanol–water partition coefficient (Wildman–Crippen LogP) is 3.78. The van der Waals surface area contributed by atoms with Crippen LogP contribution in [0.1, 0.15) is 19.0 Å². The molecule has 106 valence electrons. The Hall–Kier alpha value is -1.69. The lowest BCUT2D eigenvalue weighted by Crippen LogP contribution is -2.04. The summed E-state index contributed by atoms with van der Waals surface area (Å²) < 4.78 is 19.2. The van der Waals surface area contributed by atoms with E-state index in [4.69, 9.17) is 4.74 Å². The molecule has 1 aromatic carbocycles. The summed E-state index contributed by atoms with van der Waals surface area (Å²) in [5.74, 6) is 0.846. The molecular formula is C14H15BrFN3O. The van der Waals surface area contributed by atoms with Crippen LogP contribution in [0.25, 0.3) is 0 Å². The predicted molar refractivity (Wildman–Crippen MR) is 79.2 cm³/mol. The number of benzene rings is 1. The van der Waals surface area contributed by atoms with Gasteiger partial charge in [-0.2, -0.15) is 0 Å². The van der Waals surface area contributed by atoms with E-state index in [0.29, 0.717) is 15.9 Å². The van der Waals surface area contributed by atoms with Crippen molar-refractivity contribution in [1.82, 2.24) is 9.97 Å². The summed E-state index contributed by atoms with van der Waals surface area (Å²) in [5, 5.41) is 3.14. The van der Waals surface area contributed by atoms with Crippen molar-refractivity contribution in [1.29, 1.82) is 0 Å². The maximum Gasteiger partial charge on any atom is 0.144 e. The lowest BCUT2D eigenvalue weighted by Gasteiger charge is -2.07. The van der Waals surface area contributed by atoms with Crippen LogP contribution in [0.15, 0.2) is 35.1 Å². The Kier molecular flexibility index (Phi) is 5.29. The highest BCUT2D eigenvalue weighted by Crippen LogP contribution is 2.21. The lowest BCUT2D eigenvalue weighted by molar-refractivity contribution is 0.299. The fraction of sp³-hybridized carbons (Fsp3) is 0.286. The molecule has 0 amide bonds. The van der Waals surface area contributed by atoms with Gasteiger partial charge in [0.05, 0.1) is 22.6 Å². The van der Waals surface area contributed by atoms with Crippen LogP contribution in [0.5, 0.6) is 5.75 Å². The Morgan fingerprint density at radius 1 is 1.30 bits per heavy atom. The average molecular weight is 340 g/mol. The van der Waals surface area contributed by atoms with E-state index in [-0.39, 0.29) is 12.4 Å². The van der Waals surface area contributed by atoms with E-state index in [0.717, 1.165) is 18.8 Å². The molecule has 20 heavy (non-hydrogen) atoms. The van der Waals surface area contributed by atoms with Gasteiger partial charge in [-0.1, -0.05) is 6.92 Å². The number of nitrogens with one attached hydrogen (secondary N) is 1. The molecule has 0 spiro atoms. The van der Waals surface area contributed by atoms with Crippen LogP contribution in [-0.2, 0) is 6.61 Å². The minimum Gasteiger partial charge on any atom is -0.487 e. The molecule has 0 unspecified atom stereocenters. The fourth-order valence-electron chi connectivity index (χ4n) is 1.50. The number of halogens is 2. The summed E-state index contributed by atoms with van der Waals surface area (Å²) in [4.78, 5) is 8.46. The van der Waals surface area contributed by atoms with Gasteiger partial charge in [-0.25, -0.2) is 9.37 Å². The zero-order valence-electron chi connectivity index (χ0n) is 11.1. The molecule has 0 radical (unpaired) electrons. The summed E-state index contributed by atoms with van der Waals surface area (Å²) in [5.41, 5.74) is 0.690. The molecule has 0 aliphatic rings. The van der Waals surface area contributed by atoms with Crippen molar-refractivity contribution in [3.63, 3.8) is 0 Å². The maximum absolute atomic E-state index is 13.3. The molecule has 0 atom stereocenters. The van der Waals surface area contributed by atoms with Gasteiger partial charge in [0.15, 0.2) is 0 Å². The molecule has 4 nitrogen and oxygen atoms in total. The third-order valence-electron chi connectivity index (χ3n) is 2.54. The monoisotopic (exact) mass is 339 g/mol. The van der Waals surface area contributed by atoms with Crippen molar-refractivity contribution in [2.75, 3.05) is 11.9 Å². The molecule has 1 heterocycles. The quantitative estimate of drug-likeness (QED) is 0.869. The third-order valence-corrected chi connectivity index (χ3v) is 3.18. The first-order chi connectivity index (χ1) is 9.69. The zero-order valence-corrected chi connectivity index (χ0v) is 12.7. The molecule has 0 saturated carbocycles. The summed E-state index contributed by atoms with van der Waals surface area (Å²) in [7, 11) is 0. The van der Waals surface area contributed by atoms with Crippen LogP contribution < -0.4 is 10.1 Å². The van der Waals surface area contributed by atoms with Gasteiger partial charge in [0.2, 0.25) is 0 Å². The molecule has 0 aliphatic carbocycles. The van der Waals surface area contributed by atoms with Crippen LogP contribution >= 0.6 is 15.9 Å². The molecule has 6 heteroatoms. The summed E-state index contributed by atoms with van der Waals surface area (Å²) >= 11 is 3.09. The van der Waals surface area contributed by atoms with Crippen molar-refractivity contribution in [2.24, 2.45) is 0 Å². The van der Waals surface area contributed by atoms with Gasteiger partial charge >= 0.3 is 0 Å². The maximum atomic E-state index is 13.3. The molecule has 2 rings (SSSR count). The first-order valence-corrected chi connectivity index (χ1v) is 7.11. The van der Waals surface area contributed by atoms with Crippen LogP contribution in [0.4, 0.5) is 10.2 Å². The number of rotatable bonds is 6. The molecule has 0 aliphatic heterocycles. The van der Waals surface area contributed by atoms with Gasteiger partial charge in [0, 0.05) is 12.6 Å². The van der Waals surface area contributed by atoms with E-state index in [9.17, 15) is 4.39 Å². The van der Waals surface area contributed by atoms with E-state index in [1.807, 2.05) is 0 Å². The largest absolute Gasteiger partial charge is 0.487 e. The van der Waals surface area contributed by atoms with Crippen LogP contribution in [0.2, 0.25) is 0 Å². The van der Waals surface area contributed by atoms with E-state index < -0.39 is 0 Å². The number of ether oxygens (including phenoxy) is 1. The third kappa shape index (κ3) is 4.16. The van der Waals surface area contributed by atoms with Gasteiger partial charge in [-0.15, -0.1) is 0 Å². The second-order valence-electron chi connectivity index (χ2n) is 4.18. The van der Waals surface area contributed by atoms with Gasteiger partial charge in [-0.05, 0) is 34.5 Å². The average Bonchev–Trinajstić information content (AvgIpc) is 2.47. The number of nitrogens with zero attached hydrogens (tertiary/aromatic N) is 2. The smallest absolute Gasteiger partial charge is 0.144 e. The number of hydrogen-bond donors (Lipinski definition) is 1. The van der Waals surface area contributed by atoms with Gasteiger partial charge < -0.3 is 10.1 Å². The molecule has 0 bridgehead atoms. The SMILES string of the molecule is CCCNc1cnc(COc2ccc(Br)c(F)c2)cn1. The van der Waals surface area contributed by atoms with Crippen LogP contribution in [-0.4, -0.2) is 16.5 Å². The normalized spacial score (nSPS) is 10.3. The van der Waals surface area contributed by atoms with E-state index in [1.165, 1.54) is 6.07 Å². The lowest BCUT2D eigenvalue weighted by atomic mass is 10.3. The van der Waals surface area contributed by atoms with Crippen molar-refractivity contribution in [3.05, 3.63) is 46.6 Å². The molecule has 2 aromatic rings. The highest BCUT2D eigenvalue weighted by atomic mass is 79.9. The van der Waals surface area contributed by atoms with Gasteiger partial charge in [0.1, 0.15) is 24.0 Å². The highest BCUT2D eigenvalue weighted by Gasteiger charge is 2.03. The zero-order chi connectivity index (χ0) is 14.4. The van der Waals surface area contributed by atoms with Crippen LogP contribution in [0.3, 0.4) is 0 Å². The number of aromatic nitrogens is 2. The van der Waals surface area contributed by atoms with Gasteiger partial charge in [0.25, 0.3) is 0 Å². The molecule has 0 fully saturated rings. The van der Waals surface area contributed by atoms with Crippen molar-refractivity contribution < 1.29 is 9.13 Å². The van der Waals surface area contributed by atoms with Gasteiger partial charge in [-0.3, -0.25) is 4.98 Å².